The van der Waals surface area contributed by atoms with Crippen LogP contribution in [0.15, 0.2) is 52.6 Å². The lowest BCUT2D eigenvalue weighted by Gasteiger charge is -2.41. The fourth-order valence-corrected chi connectivity index (χ4v) is 4.67. The van der Waals surface area contributed by atoms with Crippen molar-refractivity contribution in [3.63, 3.8) is 0 Å². The third-order valence-corrected chi connectivity index (χ3v) is 6.03. The zero-order valence-corrected chi connectivity index (χ0v) is 17.0. The maximum Gasteiger partial charge on any atom is 0.245 e. The second-order valence-corrected chi connectivity index (χ2v) is 8.76. The van der Waals surface area contributed by atoms with Crippen molar-refractivity contribution >= 4 is 17.4 Å². The van der Waals surface area contributed by atoms with Crippen molar-refractivity contribution in [2.45, 2.75) is 40.5 Å². The summed E-state index contributed by atoms with van der Waals surface area (Å²) in [5.41, 5.74) is 7.56. The smallest absolute Gasteiger partial charge is 0.245 e. The third-order valence-electron chi connectivity index (χ3n) is 6.03. The van der Waals surface area contributed by atoms with Gasteiger partial charge in [-0.1, -0.05) is 43.7 Å². The molecular weight excluding hydrogens is 366 g/mol. The van der Waals surface area contributed by atoms with Gasteiger partial charge < -0.3 is 15.8 Å². The van der Waals surface area contributed by atoms with Gasteiger partial charge in [0.2, 0.25) is 11.8 Å². The summed E-state index contributed by atoms with van der Waals surface area (Å²) in [6.07, 6.45) is 0.742. The summed E-state index contributed by atoms with van der Waals surface area (Å²) in [5, 5.41) is 12.8. The fourth-order valence-electron chi connectivity index (χ4n) is 4.67. The predicted molar refractivity (Wildman–Crippen MR) is 107 cm³/mol. The molecule has 1 amide bonds. The summed E-state index contributed by atoms with van der Waals surface area (Å²) >= 11 is 0. The molecule has 0 saturated heterocycles. The van der Waals surface area contributed by atoms with Gasteiger partial charge in [0, 0.05) is 18.5 Å². The highest BCUT2D eigenvalue weighted by Crippen LogP contribution is 2.56. The Balaban J connectivity index is 2.02. The minimum Gasteiger partial charge on any atom is -0.444 e. The van der Waals surface area contributed by atoms with Crippen molar-refractivity contribution in [1.82, 2.24) is 5.32 Å². The summed E-state index contributed by atoms with van der Waals surface area (Å²) in [7, 11) is 0. The van der Waals surface area contributed by atoms with E-state index in [9.17, 15) is 14.9 Å². The van der Waals surface area contributed by atoms with Gasteiger partial charge >= 0.3 is 0 Å². The summed E-state index contributed by atoms with van der Waals surface area (Å²) in [5.74, 6) is -0.344. The molecule has 0 fully saturated rings. The molecule has 1 unspecified atom stereocenters. The van der Waals surface area contributed by atoms with Crippen molar-refractivity contribution in [2.75, 3.05) is 0 Å². The number of amides is 1. The van der Waals surface area contributed by atoms with Crippen molar-refractivity contribution in [2.24, 2.45) is 16.6 Å². The van der Waals surface area contributed by atoms with Gasteiger partial charge in [-0.05, 0) is 30.4 Å². The molecule has 0 bridgehead atoms. The maximum absolute atomic E-state index is 13.5. The highest BCUT2D eigenvalue weighted by molar-refractivity contribution is 6.14. The van der Waals surface area contributed by atoms with E-state index in [1.807, 2.05) is 45.0 Å². The van der Waals surface area contributed by atoms with Crippen molar-refractivity contribution in [3.05, 3.63) is 63.8 Å². The topological polar surface area (TPSA) is 105 Å². The van der Waals surface area contributed by atoms with Crippen LogP contribution in [0.2, 0.25) is 0 Å². The number of fused-ring (bicyclic) bond motifs is 1. The number of benzene rings is 1. The van der Waals surface area contributed by atoms with E-state index in [2.05, 4.69) is 11.4 Å². The monoisotopic (exact) mass is 389 g/mol. The molecular formula is C23H23N3O3. The molecule has 0 saturated carbocycles. The molecule has 1 spiro atoms. The number of hydrogen-bond acceptors (Lipinski definition) is 5. The first-order chi connectivity index (χ1) is 13.6. The van der Waals surface area contributed by atoms with E-state index >= 15 is 0 Å². The first kappa shape index (κ1) is 19.0. The van der Waals surface area contributed by atoms with E-state index in [0.29, 0.717) is 23.5 Å². The zero-order valence-electron chi connectivity index (χ0n) is 17.0. The van der Waals surface area contributed by atoms with E-state index in [1.165, 1.54) is 0 Å². The molecule has 1 aromatic rings. The van der Waals surface area contributed by atoms with Gasteiger partial charge in [0.25, 0.3) is 0 Å². The van der Waals surface area contributed by atoms with Crippen LogP contribution in [0.4, 0.5) is 0 Å². The van der Waals surface area contributed by atoms with E-state index < -0.39 is 11.3 Å². The molecule has 148 valence electrons. The van der Waals surface area contributed by atoms with Crippen LogP contribution in [0.5, 0.6) is 0 Å². The van der Waals surface area contributed by atoms with Crippen LogP contribution in [0.1, 0.15) is 44.7 Å². The Bertz CT molecular complexity index is 1100. The second-order valence-electron chi connectivity index (χ2n) is 8.76. The number of rotatable bonds is 1. The molecule has 3 aliphatic rings. The highest BCUT2D eigenvalue weighted by atomic mass is 16.5. The average molecular weight is 389 g/mol. The molecule has 1 aliphatic carbocycles. The number of carbonyl (C=O) groups excluding carboxylic acids is 2. The largest absolute Gasteiger partial charge is 0.444 e. The number of nitriles is 1. The number of nitrogens with one attached hydrogen (secondary N) is 1. The first-order valence-corrected chi connectivity index (χ1v) is 9.56. The summed E-state index contributed by atoms with van der Waals surface area (Å²) in [4.78, 5) is 26.7. The Morgan fingerprint density at radius 1 is 1.14 bits per heavy atom. The maximum atomic E-state index is 13.5. The van der Waals surface area contributed by atoms with Gasteiger partial charge in [0.15, 0.2) is 5.78 Å². The van der Waals surface area contributed by atoms with Gasteiger partial charge in [0.1, 0.15) is 22.8 Å². The molecule has 2 heterocycles. The number of ether oxygens (including phenoxy) is 1. The van der Waals surface area contributed by atoms with Crippen molar-refractivity contribution in [1.29, 1.82) is 5.26 Å². The fraction of sp³-hybridized carbons (Fsp3) is 0.348. The molecule has 0 aromatic heterocycles. The van der Waals surface area contributed by atoms with Crippen molar-refractivity contribution in [3.8, 4) is 6.07 Å². The molecule has 3 N–H and O–H groups in total. The standard InChI is InChI=1S/C23H23N3O3/c1-12-5-7-14(8-6-12)19-13(2)23(21(28)26-19)15(11-24)20(25)29-17-10-22(3,4)9-16(27)18(17)23/h5-8H,9-10,25H2,1-4H3,(H,26,28). The molecule has 1 aromatic carbocycles. The van der Waals surface area contributed by atoms with Crippen LogP contribution in [0.3, 0.4) is 0 Å². The summed E-state index contributed by atoms with van der Waals surface area (Å²) < 4.78 is 5.73. The minimum absolute atomic E-state index is 0.0265. The highest BCUT2D eigenvalue weighted by Gasteiger charge is 2.60. The van der Waals surface area contributed by atoms with E-state index in [0.717, 1.165) is 11.1 Å². The second kappa shape index (κ2) is 6.08. The van der Waals surface area contributed by atoms with Crippen LogP contribution in [-0.4, -0.2) is 11.7 Å². The number of nitrogens with zero attached hydrogens (tertiary/aromatic N) is 1. The van der Waals surface area contributed by atoms with Crippen LogP contribution in [-0.2, 0) is 14.3 Å². The predicted octanol–water partition coefficient (Wildman–Crippen LogP) is 3.21. The first-order valence-electron chi connectivity index (χ1n) is 9.56. The lowest BCUT2D eigenvalue weighted by Crippen LogP contribution is -2.46. The zero-order chi connectivity index (χ0) is 21.1. The van der Waals surface area contributed by atoms with Gasteiger partial charge in [-0.25, -0.2) is 0 Å². The lowest BCUT2D eigenvalue weighted by molar-refractivity contribution is -0.128. The molecule has 29 heavy (non-hydrogen) atoms. The molecule has 6 heteroatoms. The van der Waals surface area contributed by atoms with Gasteiger partial charge in [0.05, 0.1) is 5.57 Å². The number of carbonyl (C=O) groups is 2. The summed E-state index contributed by atoms with van der Waals surface area (Å²) in [6.45, 7) is 7.70. The quantitative estimate of drug-likeness (QED) is 0.767. The number of hydrogen-bond donors (Lipinski definition) is 2. The number of allylic oxidation sites excluding steroid dienone is 1. The van der Waals surface area contributed by atoms with Gasteiger partial charge in [-0.3, -0.25) is 9.59 Å². The average Bonchev–Trinajstić information content (AvgIpc) is 2.87. The molecule has 4 rings (SSSR count). The van der Waals surface area contributed by atoms with Crippen LogP contribution in [0.25, 0.3) is 5.70 Å². The number of aryl methyl sites for hydroxylation is 1. The van der Waals surface area contributed by atoms with E-state index in [-0.39, 0.29) is 34.6 Å². The third kappa shape index (κ3) is 2.54. The number of Topliss-reactive ketones (excluding diaryl/α,β-unsaturated/α-hetero) is 1. The SMILES string of the molecule is CC1=C(c2ccc(C)cc2)NC(=O)C12C(C#N)=C(N)OC1=C2C(=O)CC(C)(C)C1. The molecule has 6 nitrogen and oxygen atoms in total. The minimum atomic E-state index is -1.54. The molecule has 1 atom stereocenters. The van der Waals surface area contributed by atoms with Gasteiger partial charge in [-0.15, -0.1) is 0 Å². The van der Waals surface area contributed by atoms with Gasteiger partial charge in [-0.2, -0.15) is 5.26 Å². The Kier molecular flexibility index (Phi) is 3.99. The van der Waals surface area contributed by atoms with E-state index in [4.69, 9.17) is 10.5 Å². The number of ketones is 1. The molecule has 0 radical (unpaired) electrons. The van der Waals surface area contributed by atoms with E-state index in [1.54, 1.807) is 6.92 Å². The Morgan fingerprint density at radius 2 is 1.79 bits per heavy atom. The Morgan fingerprint density at radius 3 is 2.41 bits per heavy atom. The summed E-state index contributed by atoms with van der Waals surface area (Å²) in [6, 6.07) is 9.77. The lowest BCUT2D eigenvalue weighted by atomic mass is 9.62. The van der Waals surface area contributed by atoms with Crippen LogP contribution >= 0.6 is 0 Å². The Labute approximate surface area is 169 Å². The molecule has 2 aliphatic heterocycles. The van der Waals surface area contributed by atoms with Crippen molar-refractivity contribution < 1.29 is 14.3 Å². The normalized spacial score (nSPS) is 25.8. The van der Waals surface area contributed by atoms with Crippen LogP contribution < -0.4 is 11.1 Å². The number of nitrogens with two attached hydrogens (primary N) is 1. The van der Waals surface area contributed by atoms with Crippen LogP contribution in [0, 0.1) is 29.1 Å². The Hall–Kier alpha value is -3.33.